The van der Waals surface area contributed by atoms with E-state index in [1.54, 1.807) is 0 Å². The highest BCUT2D eigenvalue weighted by atomic mass is 16.5. The molecule has 80 valence electrons. The van der Waals surface area contributed by atoms with Crippen molar-refractivity contribution in [3.05, 3.63) is 0 Å². The van der Waals surface area contributed by atoms with Gasteiger partial charge < -0.3 is 15.4 Å². The van der Waals surface area contributed by atoms with Crippen LogP contribution in [-0.2, 0) is 9.53 Å². The number of hydrogen-bond donors (Lipinski definition) is 1. The molecule has 4 heteroatoms. The Morgan fingerprint density at radius 3 is 2.64 bits per heavy atom. The number of ether oxygens (including phenoxy) is 1. The SMILES string of the molecule is CC1CC(N2CC(N)CC2=O)C(C)O1. The van der Waals surface area contributed by atoms with Crippen molar-refractivity contribution in [1.82, 2.24) is 4.90 Å². The number of rotatable bonds is 1. The molecule has 0 saturated carbocycles. The summed E-state index contributed by atoms with van der Waals surface area (Å²) in [7, 11) is 0. The van der Waals surface area contributed by atoms with E-state index in [0.717, 1.165) is 6.42 Å². The summed E-state index contributed by atoms with van der Waals surface area (Å²) in [5.41, 5.74) is 5.76. The van der Waals surface area contributed by atoms with Gasteiger partial charge in [0.1, 0.15) is 0 Å². The van der Waals surface area contributed by atoms with E-state index >= 15 is 0 Å². The fourth-order valence-corrected chi connectivity index (χ4v) is 2.51. The van der Waals surface area contributed by atoms with Crippen molar-refractivity contribution in [1.29, 1.82) is 0 Å². The maximum absolute atomic E-state index is 11.6. The molecule has 4 atom stereocenters. The van der Waals surface area contributed by atoms with Crippen molar-refractivity contribution in [2.75, 3.05) is 6.54 Å². The second-order valence-electron chi connectivity index (χ2n) is 4.47. The summed E-state index contributed by atoms with van der Waals surface area (Å²) < 4.78 is 5.64. The molecule has 0 aromatic rings. The maximum Gasteiger partial charge on any atom is 0.224 e. The number of nitrogens with zero attached hydrogens (tertiary/aromatic N) is 1. The molecule has 0 aliphatic carbocycles. The molecule has 0 aromatic carbocycles. The summed E-state index contributed by atoms with van der Waals surface area (Å²) in [4.78, 5) is 13.5. The summed E-state index contributed by atoms with van der Waals surface area (Å²) in [5, 5.41) is 0. The zero-order chi connectivity index (χ0) is 10.3. The molecule has 2 N–H and O–H groups in total. The molecule has 0 aromatic heterocycles. The van der Waals surface area contributed by atoms with Crippen LogP contribution in [0.2, 0.25) is 0 Å². The van der Waals surface area contributed by atoms with E-state index in [1.165, 1.54) is 0 Å². The van der Waals surface area contributed by atoms with E-state index in [0.29, 0.717) is 13.0 Å². The maximum atomic E-state index is 11.6. The molecule has 0 bridgehead atoms. The van der Waals surface area contributed by atoms with Gasteiger partial charge in [-0.1, -0.05) is 0 Å². The van der Waals surface area contributed by atoms with Gasteiger partial charge in [-0.3, -0.25) is 4.79 Å². The Morgan fingerprint density at radius 1 is 1.50 bits per heavy atom. The first-order valence-electron chi connectivity index (χ1n) is 5.28. The van der Waals surface area contributed by atoms with E-state index in [4.69, 9.17) is 10.5 Å². The highest BCUT2D eigenvalue weighted by Crippen LogP contribution is 2.27. The lowest BCUT2D eigenvalue weighted by atomic mass is 10.1. The molecule has 1 amide bonds. The first-order chi connectivity index (χ1) is 6.58. The van der Waals surface area contributed by atoms with Crippen molar-refractivity contribution in [2.24, 2.45) is 5.73 Å². The van der Waals surface area contributed by atoms with Crippen LogP contribution in [0.25, 0.3) is 0 Å². The van der Waals surface area contributed by atoms with E-state index in [9.17, 15) is 4.79 Å². The van der Waals surface area contributed by atoms with Gasteiger partial charge in [0.25, 0.3) is 0 Å². The van der Waals surface area contributed by atoms with Crippen LogP contribution in [0.1, 0.15) is 26.7 Å². The second kappa shape index (κ2) is 3.51. The Hall–Kier alpha value is -0.610. The van der Waals surface area contributed by atoms with Crippen molar-refractivity contribution in [3.63, 3.8) is 0 Å². The topological polar surface area (TPSA) is 55.6 Å². The number of hydrogen-bond acceptors (Lipinski definition) is 3. The van der Waals surface area contributed by atoms with Crippen LogP contribution in [0.5, 0.6) is 0 Å². The normalized spacial score (nSPS) is 43.6. The van der Waals surface area contributed by atoms with Crippen LogP contribution in [0, 0.1) is 0 Å². The predicted molar refractivity (Wildman–Crippen MR) is 52.7 cm³/mol. The van der Waals surface area contributed by atoms with Crippen LogP contribution in [0.3, 0.4) is 0 Å². The summed E-state index contributed by atoms with van der Waals surface area (Å²) in [6.07, 6.45) is 1.86. The standard InChI is InChI=1S/C10H18N2O2/c1-6-3-9(7(2)14-6)12-5-8(11)4-10(12)13/h6-9H,3-5,11H2,1-2H3. The lowest BCUT2D eigenvalue weighted by molar-refractivity contribution is -0.130. The fourth-order valence-electron chi connectivity index (χ4n) is 2.51. The van der Waals surface area contributed by atoms with Gasteiger partial charge in [0.15, 0.2) is 0 Å². The van der Waals surface area contributed by atoms with Crippen LogP contribution >= 0.6 is 0 Å². The van der Waals surface area contributed by atoms with E-state index < -0.39 is 0 Å². The van der Waals surface area contributed by atoms with Gasteiger partial charge >= 0.3 is 0 Å². The number of carbonyl (C=O) groups is 1. The molecule has 4 unspecified atom stereocenters. The number of nitrogens with two attached hydrogens (primary N) is 1. The van der Waals surface area contributed by atoms with Gasteiger partial charge in [-0.05, 0) is 20.3 Å². The molecule has 2 aliphatic heterocycles. The monoisotopic (exact) mass is 198 g/mol. The van der Waals surface area contributed by atoms with E-state index in [1.807, 2.05) is 11.8 Å². The lowest BCUT2D eigenvalue weighted by Crippen LogP contribution is -2.41. The van der Waals surface area contributed by atoms with Gasteiger partial charge in [0.2, 0.25) is 5.91 Å². The Morgan fingerprint density at radius 2 is 2.21 bits per heavy atom. The average molecular weight is 198 g/mol. The van der Waals surface area contributed by atoms with Crippen LogP contribution < -0.4 is 5.73 Å². The van der Waals surface area contributed by atoms with Crippen LogP contribution in [0.4, 0.5) is 0 Å². The molecular formula is C10H18N2O2. The average Bonchev–Trinajstić information content (AvgIpc) is 2.55. The van der Waals surface area contributed by atoms with Crippen molar-refractivity contribution < 1.29 is 9.53 Å². The smallest absolute Gasteiger partial charge is 0.224 e. The molecule has 2 heterocycles. The molecule has 0 radical (unpaired) electrons. The molecule has 2 aliphatic rings. The van der Waals surface area contributed by atoms with E-state index in [2.05, 4.69) is 6.92 Å². The minimum Gasteiger partial charge on any atom is -0.373 e. The van der Waals surface area contributed by atoms with Crippen molar-refractivity contribution in [2.45, 2.75) is 51.0 Å². The minimum absolute atomic E-state index is 0.0191. The third kappa shape index (κ3) is 1.64. The Kier molecular flexibility index (Phi) is 2.49. The number of carbonyl (C=O) groups excluding carboxylic acids is 1. The summed E-state index contributed by atoms with van der Waals surface area (Å²) in [5.74, 6) is 0.187. The molecule has 2 rings (SSSR count). The molecule has 4 nitrogen and oxygen atoms in total. The molecule has 14 heavy (non-hydrogen) atoms. The van der Waals surface area contributed by atoms with Gasteiger partial charge in [0, 0.05) is 19.0 Å². The zero-order valence-corrected chi connectivity index (χ0v) is 8.77. The molecular weight excluding hydrogens is 180 g/mol. The van der Waals surface area contributed by atoms with Crippen molar-refractivity contribution >= 4 is 5.91 Å². The summed E-state index contributed by atoms with van der Waals surface area (Å²) >= 11 is 0. The fraction of sp³-hybridized carbons (Fsp3) is 0.900. The van der Waals surface area contributed by atoms with E-state index in [-0.39, 0.29) is 30.2 Å². The quantitative estimate of drug-likeness (QED) is 0.650. The molecule has 2 fully saturated rings. The Balaban J connectivity index is 2.05. The van der Waals surface area contributed by atoms with Gasteiger partial charge in [0.05, 0.1) is 18.2 Å². The number of amides is 1. The van der Waals surface area contributed by atoms with Crippen LogP contribution in [0.15, 0.2) is 0 Å². The zero-order valence-electron chi connectivity index (χ0n) is 8.77. The van der Waals surface area contributed by atoms with Crippen molar-refractivity contribution in [3.8, 4) is 0 Å². The first-order valence-corrected chi connectivity index (χ1v) is 5.28. The molecule has 0 spiro atoms. The summed E-state index contributed by atoms with van der Waals surface area (Å²) in [6.45, 7) is 4.78. The highest BCUT2D eigenvalue weighted by Gasteiger charge is 2.40. The first kappa shape index (κ1) is 9.93. The largest absolute Gasteiger partial charge is 0.373 e. The van der Waals surface area contributed by atoms with Crippen LogP contribution in [-0.4, -0.2) is 41.6 Å². The highest BCUT2D eigenvalue weighted by molar-refractivity contribution is 5.79. The minimum atomic E-state index is 0.0191. The third-order valence-electron chi connectivity index (χ3n) is 3.15. The predicted octanol–water partition coefficient (Wildman–Crippen LogP) is 0.112. The Bertz CT molecular complexity index is 244. The van der Waals surface area contributed by atoms with Gasteiger partial charge in [-0.25, -0.2) is 0 Å². The summed E-state index contributed by atoms with van der Waals surface area (Å²) in [6, 6.07) is 0.261. The number of likely N-dealkylation sites (tertiary alicyclic amines) is 1. The second-order valence-corrected chi connectivity index (χ2v) is 4.47. The van der Waals surface area contributed by atoms with Gasteiger partial charge in [-0.15, -0.1) is 0 Å². The van der Waals surface area contributed by atoms with Gasteiger partial charge in [-0.2, -0.15) is 0 Å². The third-order valence-corrected chi connectivity index (χ3v) is 3.15. The Labute approximate surface area is 84.4 Å². The lowest BCUT2D eigenvalue weighted by Gasteiger charge is -2.26. The molecule has 2 saturated heterocycles.